The van der Waals surface area contributed by atoms with Gasteiger partial charge < -0.3 is 5.11 Å². The fraction of sp³-hybridized carbons (Fsp3) is 0.533. The van der Waals surface area contributed by atoms with Crippen LogP contribution in [0, 0.1) is 0 Å². The number of aliphatic carboxylic acids is 1. The van der Waals surface area contributed by atoms with E-state index in [4.69, 9.17) is 0 Å². The predicted molar refractivity (Wildman–Crippen MR) is 90.1 cm³/mol. The molecule has 0 spiro atoms. The number of thioether (sulfide) groups is 2. The predicted octanol–water partition coefficient (Wildman–Crippen LogP) is 5.18. The minimum atomic E-state index is -0.692. The first kappa shape index (κ1) is 16.2. The second-order valence-electron chi connectivity index (χ2n) is 5.14. The Morgan fingerprint density at radius 1 is 1.20 bits per heavy atom. The summed E-state index contributed by atoms with van der Waals surface area (Å²) in [6, 6.07) is 4.10. The lowest BCUT2D eigenvalue weighted by Crippen LogP contribution is -2.37. The van der Waals surface area contributed by atoms with Gasteiger partial charge in [-0.15, -0.1) is 23.5 Å². The van der Waals surface area contributed by atoms with Crippen LogP contribution < -0.4 is 0 Å². The van der Waals surface area contributed by atoms with Gasteiger partial charge in [-0.2, -0.15) is 0 Å². The third-order valence-corrected chi connectivity index (χ3v) is 6.73. The first-order valence-corrected chi connectivity index (χ1v) is 9.95. The molecule has 0 radical (unpaired) electrons. The van der Waals surface area contributed by atoms with E-state index in [1.165, 1.54) is 4.90 Å². The molecule has 5 heteroatoms. The SMILES string of the molecule is CSc1cc(C2(C(=O)O)CCCCC2)cc(Br)c1SC. The standard InChI is InChI=1S/C15H19BrO2S2/c1-19-12-9-10(8-11(16)13(12)20-2)15(14(17)18)6-4-3-5-7-15/h8-9H,3-7H2,1-2H3,(H,17,18). The van der Waals surface area contributed by atoms with Gasteiger partial charge in [-0.3, -0.25) is 4.79 Å². The molecule has 2 nitrogen and oxygen atoms in total. The van der Waals surface area contributed by atoms with Crippen molar-refractivity contribution in [1.82, 2.24) is 0 Å². The van der Waals surface area contributed by atoms with Crippen LogP contribution in [0.2, 0.25) is 0 Å². The van der Waals surface area contributed by atoms with Crippen LogP contribution in [-0.4, -0.2) is 23.6 Å². The Labute approximate surface area is 137 Å². The van der Waals surface area contributed by atoms with Gasteiger partial charge in [-0.1, -0.05) is 19.3 Å². The third kappa shape index (κ3) is 2.90. The van der Waals surface area contributed by atoms with Gasteiger partial charge in [0.1, 0.15) is 0 Å². The molecular formula is C15H19BrO2S2. The van der Waals surface area contributed by atoms with E-state index in [1.54, 1.807) is 23.5 Å². The van der Waals surface area contributed by atoms with Gasteiger partial charge >= 0.3 is 5.97 Å². The van der Waals surface area contributed by atoms with Crippen molar-refractivity contribution in [3.8, 4) is 0 Å². The average molecular weight is 375 g/mol. The highest BCUT2D eigenvalue weighted by Crippen LogP contribution is 2.44. The molecule has 110 valence electrons. The molecule has 1 aliphatic carbocycles. The lowest BCUT2D eigenvalue weighted by atomic mass is 9.69. The molecule has 1 aliphatic rings. The van der Waals surface area contributed by atoms with Crippen molar-refractivity contribution < 1.29 is 9.90 Å². The highest BCUT2D eigenvalue weighted by atomic mass is 79.9. The molecule has 0 heterocycles. The van der Waals surface area contributed by atoms with Gasteiger partial charge in [-0.05, 0) is 59.0 Å². The molecule has 20 heavy (non-hydrogen) atoms. The molecule has 1 fully saturated rings. The fourth-order valence-corrected chi connectivity index (χ4v) is 5.61. The van der Waals surface area contributed by atoms with Crippen LogP contribution in [0.25, 0.3) is 0 Å². The summed E-state index contributed by atoms with van der Waals surface area (Å²) in [6.07, 6.45) is 8.75. The van der Waals surface area contributed by atoms with E-state index in [0.29, 0.717) is 0 Å². The number of hydrogen-bond donors (Lipinski definition) is 1. The van der Waals surface area contributed by atoms with Crippen molar-refractivity contribution in [2.24, 2.45) is 0 Å². The maximum atomic E-state index is 11.9. The van der Waals surface area contributed by atoms with Crippen LogP contribution in [0.15, 0.2) is 26.4 Å². The fourth-order valence-electron chi connectivity index (χ4n) is 2.98. The summed E-state index contributed by atoms with van der Waals surface area (Å²) < 4.78 is 1.01. The number of carbonyl (C=O) groups is 1. The van der Waals surface area contributed by atoms with Gasteiger partial charge in [0.2, 0.25) is 0 Å². The smallest absolute Gasteiger partial charge is 0.314 e. The molecule has 1 aromatic rings. The summed E-state index contributed by atoms with van der Waals surface area (Å²) in [5, 5.41) is 9.80. The number of benzene rings is 1. The van der Waals surface area contributed by atoms with E-state index in [2.05, 4.69) is 22.0 Å². The van der Waals surface area contributed by atoms with Gasteiger partial charge in [0.25, 0.3) is 0 Å². The minimum absolute atomic E-state index is 0.673. The van der Waals surface area contributed by atoms with Crippen molar-refractivity contribution >= 4 is 45.4 Å². The molecule has 0 unspecified atom stereocenters. The zero-order valence-electron chi connectivity index (χ0n) is 11.7. The molecule has 1 N–H and O–H groups in total. The van der Waals surface area contributed by atoms with E-state index in [1.807, 2.05) is 18.6 Å². The van der Waals surface area contributed by atoms with Crippen molar-refractivity contribution in [2.75, 3.05) is 12.5 Å². The highest BCUT2D eigenvalue weighted by Gasteiger charge is 2.41. The summed E-state index contributed by atoms with van der Waals surface area (Å²) in [7, 11) is 0. The molecule has 1 aromatic carbocycles. The first-order chi connectivity index (χ1) is 9.55. The van der Waals surface area contributed by atoms with Gasteiger partial charge in [0.05, 0.1) is 5.41 Å². The summed E-state index contributed by atoms with van der Waals surface area (Å²) >= 11 is 6.98. The number of rotatable bonds is 4. The van der Waals surface area contributed by atoms with Crippen LogP contribution >= 0.6 is 39.5 Å². The van der Waals surface area contributed by atoms with E-state index in [9.17, 15) is 9.90 Å². The van der Waals surface area contributed by atoms with E-state index >= 15 is 0 Å². The molecule has 2 rings (SSSR count). The summed E-state index contributed by atoms with van der Waals surface area (Å²) in [5.41, 5.74) is 0.265. The number of carboxylic acid groups (broad SMARTS) is 1. The third-order valence-electron chi connectivity index (χ3n) is 4.10. The summed E-state index contributed by atoms with van der Waals surface area (Å²) in [6.45, 7) is 0. The van der Waals surface area contributed by atoms with E-state index in [-0.39, 0.29) is 0 Å². The van der Waals surface area contributed by atoms with Crippen molar-refractivity contribution in [2.45, 2.75) is 47.3 Å². The van der Waals surface area contributed by atoms with Gasteiger partial charge in [0, 0.05) is 14.3 Å². The largest absolute Gasteiger partial charge is 0.481 e. The Kier molecular flexibility index (Phi) is 5.49. The van der Waals surface area contributed by atoms with Crippen molar-refractivity contribution in [3.63, 3.8) is 0 Å². The summed E-state index contributed by atoms with van der Waals surface area (Å²) in [4.78, 5) is 14.3. The molecule has 0 amide bonds. The van der Waals surface area contributed by atoms with Crippen LogP contribution in [0.4, 0.5) is 0 Å². The Morgan fingerprint density at radius 2 is 1.85 bits per heavy atom. The second kappa shape index (κ2) is 6.75. The first-order valence-electron chi connectivity index (χ1n) is 6.70. The Hall–Kier alpha value is -0.130. The Bertz CT molecular complexity index is 511. The molecule has 0 atom stereocenters. The lowest BCUT2D eigenvalue weighted by molar-refractivity contribution is -0.145. The Balaban J connectivity index is 2.54. The topological polar surface area (TPSA) is 37.3 Å². The summed E-state index contributed by atoms with van der Waals surface area (Å²) in [5.74, 6) is -0.673. The van der Waals surface area contributed by atoms with Crippen molar-refractivity contribution in [3.05, 3.63) is 22.2 Å². The second-order valence-corrected chi connectivity index (χ2v) is 7.66. The highest BCUT2D eigenvalue weighted by molar-refractivity contribution is 9.10. The number of hydrogen-bond acceptors (Lipinski definition) is 3. The van der Waals surface area contributed by atoms with Crippen LogP contribution in [0.5, 0.6) is 0 Å². The zero-order valence-corrected chi connectivity index (χ0v) is 15.0. The van der Waals surface area contributed by atoms with Crippen molar-refractivity contribution in [1.29, 1.82) is 0 Å². The minimum Gasteiger partial charge on any atom is -0.481 e. The Morgan fingerprint density at radius 3 is 2.35 bits per heavy atom. The molecular weight excluding hydrogens is 356 g/mol. The lowest BCUT2D eigenvalue weighted by Gasteiger charge is -2.34. The normalized spacial score (nSPS) is 17.9. The van der Waals surface area contributed by atoms with E-state index in [0.717, 1.165) is 47.0 Å². The monoisotopic (exact) mass is 374 g/mol. The zero-order chi connectivity index (χ0) is 14.8. The molecule has 0 aliphatic heterocycles. The quantitative estimate of drug-likeness (QED) is 0.736. The van der Waals surface area contributed by atoms with Crippen LogP contribution in [0.3, 0.4) is 0 Å². The maximum absolute atomic E-state index is 11.9. The molecule has 0 aromatic heterocycles. The maximum Gasteiger partial charge on any atom is 0.314 e. The van der Waals surface area contributed by atoms with Gasteiger partial charge in [0.15, 0.2) is 0 Å². The molecule has 0 saturated heterocycles. The van der Waals surface area contributed by atoms with Crippen LogP contribution in [-0.2, 0) is 10.2 Å². The van der Waals surface area contributed by atoms with Gasteiger partial charge in [-0.25, -0.2) is 0 Å². The number of halogens is 1. The molecule has 1 saturated carbocycles. The average Bonchev–Trinajstić information content (AvgIpc) is 2.46. The van der Waals surface area contributed by atoms with Crippen LogP contribution in [0.1, 0.15) is 37.7 Å². The number of carboxylic acids is 1. The van der Waals surface area contributed by atoms with E-state index < -0.39 is 11.4 Å². The molecule has 0 bridgehead atoms.